The largest absolute Gasteiger partial charge is 0.386 e. The summed E-state index contributed by atoms with van der Waals surface area (Å²) >= 11 is 0. The maximum absolute atomic E-state index is 10.6. The van der Waals surface area contributed by atoms with Gasteiger partial charge < -0.3 is 20.3 Å². The lowest BCUT2D eigenvalue weighted by molar-refractivity contribution is -0.118. The molecule has 3 unspecified atom stereocenters. The highest BCUT2D eigenvalue weighted by Crippen LogP contribution is 2.46. The molecule has 0 aromatic carbocycles. The molecular weight excluding hydrogens is 182 g/mol. The van der Waals surface area contributed by atoms with Gasteiger partial charge in [-0.1, -0.05) is 0 Å². The van der Waals surface area contributed by atoms with Crippen LogP contribution >= 0.6 is 0 Å². The lowest BCUT2D eigenvalue weighted by Crippen LogP contribution is -2.57. The summed E-state index contributed by atoms with van der Waals surface area (Å²) in [5.74, 6) is 0. The lowest BCUT2D eigenvalue weighted by Gasteiger charge is -2.42. The molecule has 2 aliphatic heterocycles. The van der Waals surface area contributed by atoms with Gasteiger partial charge in [0.2, 0.25) is 0 Å². The van der Waals surface area contributed by atoms with Crippen molar-refractivity contribution in [3.63, 3.8) is 0 Å². The smallest absolute Gasteiger partial charge is 0.102 e. The summed E-state index contributed by atoms with van der Waals surface area (Å²) in [6, 6.07) is 0. The van der Waals surface area contributed by atoms with Gasteiger partial charge in [0.15, 0.2) is 0 Å². The third kappa shape index (κ3) is 1.21. The van der Waals surface area contributed by atoms with Crippen molar-refractivity contribution in [2.45, 2.75) is 31.5 Å². The summed E-state index contributed by atoms with van der Waals surface area (Å²) < 4.78 is 10.8. The maximum Gasteiger partial charge on any atom is 0.102 e. The van der Waals surface area contributed by atoms with E-state index in [4.69, 9.17) is 15.2 Å². The van der Waals surface area contributed by atoms with Gasteiger partial charge in [0.25, 0.3) is 0 Å². The van der Waals surface area contributed by atoms with Crippen LogP contribution in [0.5, 0.6) is 0 Å². The molecule has 0 aromatic heterocycles. The molecule has 0 radical (unpaired) electrons. The Bertz CT molecular complexity index is 213. The molecule has 3 N–H and O–H groups in total. The van der Waals surface area contributed by atoms with E-state index in [1.807, 2.05) is 6.92 Å². The van der Waals surface area contributed by atoms with Crippen molar-refractivity contribution < 1.29 is 14.6 Å². The first-order valence-corrected chi connectivity index (χ1v) is 5.26. The van der Waals surface area contributed by atoms with Gasteiger partial charge in [-0.25, -0.2) is 0 Å². The first kappa shape index (κ1) is 10.4. The molecule has 82 valence electrons. The van der Waals surface area contributed by atoms with E-state index in [2.05, 4.69) is 0 Å². The van der Waals surface area contributed by atoms with Crippen LogP contribution in [-0.4, -0.2) is 43.2 Å². The average molecular weight is 201 g/mol. The molecule has 0 aromatic rings. The average Bonchev–Trinajstić information content (AvgIpc) is 2.76. The van der Waals surface area contributed by atoms with Gasteiger partial charge in [0, 0.05) is 31.6 Å². The van der Waals surface area contributed by atoms with Gasteiger partial charge in [-0.05, 0) is 13.3 Å². The standard InChI is InChI=1S/C10H19NO3/c1-8-10(12,3-5-14-8)9(6-11)2-4-13-7-9/h8,12H,2-7,11H2,1H3. The number of rotatable bonds is 2. The van der Waals surface area contributed by atoms with Crippen LogP contribution in [0.25, 0.3) is 0 Å². The topological polar surface area (TPSA) is 64.7 Å². The predicted molar refractivity (Wildman–Crippen MR) is 51.9 cm³/mol. The minimum atomic E-state index is -0.793. The molecule has 0 saturated carbocycles. The van der Waals surface area contributed by atoms with E-state index >= 15 is 0 Å². The fourth-order valence-electron chi connectivity index (χ4n) is 2.72. The van der Waals surface area contributed by atoms with Crippen molar-refractivity contribution in [2.75, 3.05) is 26.4 Å². The Labute approximate surface area is 84.4 Å². The highest BCUT2D eigenvalue weighted by molar-refractivity contribution is 5.07. The summed E-state index contributed by atoms with van der Waals surface area (Å²) in [5.41, 5.74) is 4.72. The van der Waals surface area contributed by atoms with Gasteiger partial charge in [-0.2, -0.15) is 0 Å². The second-order valence-corrected chi connectivity index (χ2v) is 4.47. The number of hydrogen-bond acceptors (Lipinski definition) is 4. The minimum Gasteiger partial charge on any atom is -0.386 e. The minimum absolute atomic E-state index is 0.132. The van der Waals surface area contributed by atoms with E-state index < -0.39 is 5.60 Å². The zero-order chi connectivity index (χ0) is 10.2. The van der Waals surface area contributed by atoms with E-state index in [0.717, 1.165) is 6.42 Å². The van der Waals surface area contributed by atoms with Crippen molar-refractivity contribution in [3.05, 3.63) is 0 Å². The van der Waals surface area contributed by atoms with Crippen LogP contribution in [0.3, 0.4) is 0 Å². The van der Waals surface area contributed by atoms with E-state index in [1.165, 1.54) is 0 Å². The molecule has 0 bridgehead atoms. The van der Waals surface area contributed by atoms with E-state index in [0.29, 0.717) is 32.8 Å². The van der Waals surface area contributed by atoms with E-state index in [1.54, 1.807) is 0 Å². The van der Waals surface area contributed by atoms with Crippen LogP contribution in [0.2, 0.25) is 0 Å². The second kappa shape index (κ2) is 3.45. The molecule has 0 amide bonds. The van der Waals surface area contributed by atoms with Gasteiger partial charge in [0.05, 0.1) is 12.7 Å². The molecule has 2 saturated heterocycles. The number of aliphatic hydroxyl groups is 1. The molecule has 2 rings (SSSR count). The molecule has 2 aliphatic rings. The van der Waals surface area contributed by atoms with Crippen LogP contribution in [-0.2, 0) is 9.47 Å². The monoisotopic (exact) mass is 201 g/mol. The van der Waals surface area contributed by atoms with Gasteiger partial charge in [0.1, 0.15) is 5.60 Å². The number of nitrogens with two attached hydrogens (primary N) is 1. The van der Waals surface area contributed by atoms with Crippen LogP contribution in [0.15, 0.2) is 0 Å². The molecule has 14 heavy (non-hydrogen) atoms. The molecule has 4 heteroatoms. The summed E-state index contributed by atoms with van der Waals surface area (Å²) in [7, 11) is 0. The normalized spacial score (nSPS) is 48.6. The molecule has 3 atom stereocenters. The predicted octanol–water partition coefficient (Wildman–Crippen LogP) is -0.108. The summed E-state index contributed by atoms with van der Waals surface area (Å²) in [6.45, 7) is 4.28. The fourth-order valence-corrected chi connectivity index (χ4v) is 2.72. The molecule has 0 aliphatic carbocycles. The fraction of sp³-hybridized carbons (Fsp3) is 1.00. The van der Waals surface area contributed by atoms with Crippen LogP contribution in [0.1, 0.15) is 19.8 Å². The van der Waals surface area contributed by atoms with Crippen molar-refractivity contribution in [2.24, 2.45) is 11.1 Å². The third-order valence-electron chi connectivity index (χ3n) is 3.94. The third-order valence-corrected chi connectivity index (χ3v) is 3.94. The van der Waals surface area contributed by atoms with E-state index in [9.17, 15) is 5.11 Å². The maximum atomic E-state index is 10.6. The van der Waals surface area contributed by atoms with Gasteiger partial charge in [-0.3, -0.25) is 0 Å². The Balaban J connectivity index is 2.25. The summed E-state index contributed by atoms with van der Waals surface area (Å²) in [4.78, 5) is 0. The SMILES string of the molecule is CC1OCCC1(O)C1(CN)CCOC1. The van der Waals surface area contributed by atoms with Crippen molar-refractivity contribution >= 4 is 0 Å². The van der Waals surface area contributed by atoms with Crippen LogP contribution < -0.4 is 5.73 Å². The zero-order valence-corrected chi connectivity index (χ0v) is 8.66. The first-order chi connectivity index (χ1) is 6.65. The Morgan fingerprint density at radius 2 is 2.21 bits per heavy atom. The van der Waals surface area contributed by atoms with Crippen molar-refractivity contribution in [1.29, 1.82) is 0 Å². The number of ether oxygens (including phenoxy) is 2. The lowest BCUT2D eigenvalue weighted by atomic mass is 9.68. The van der Waals surface area contributed by atoms with Crippen molar-refractivity contribution in [3.8, 4) is 0 Å². The van der Waals surface area contributed by atoms with E-state index in [-0.39, 0.29) is 11.5 Å². The Kier molecular flexibility index (Phi) is 2.55. The molecule has 0 spiro atoms. The molecule has 4 nitrogen and oxygen atoms in total. The van der Waals surface area contributed by atoms with Gasteiger partial charge >= 0.3 is 0 Å². The highest BCUT2D eigenvalue weighted by atomic mass is 16.5. The summed E-state index contributed by atoms with van der Waals surface area (Å²) in [6.07, 6.45) is 1.38. The van der Waals surface area contributed by atoms with Crippen LogP contribution in [0, 0.1) is 5.41 Å². The molecule has 2 fully saturated rings. The Morgan fingerprint density at radius 1 is 1.43 bits per heavy atom. The second-order valence-electron chi connectivity index (χ2n) is 4.47. The highest BCUT2D eigenvalue weighted by Gasteiger charge is 2.57. The summed E-state index contributed by atoms with van der Waals surface area (Å²) in [5, 5.41) is 10.6. The number of hydrogen-bond donors (Lipinski definition) is 2. The quantitative estimate of drug-likeness (QED) is 0.654. The zero-order valence-electron chi connectivity index (χ0n) is 8.66. The molecular formula is C10H19NO3. The van der Waals surface area contributed by atoms with Gasteiger partial charge in [-0.15, -0.1) is 0 Å². The Morgan fingerprint density at radius 3 is 2.64 bits per heavy atom. The van der Waals surface area contributed by atoms with Crippen LogP contribution in [0.4, 0.5) is 0 Å². The Hall–Kier alpha value is -0.160. The molecule has 2 heterocycles. The van der Waals surface area contributed by atoms with Crippen molar-refractivity contribution in [1.82, 2.24) is 0 Å². The first-order valence-electron chi connectivity index (χ1n) is 5.26.